The SMILES string of the molecule is CC(O/N=C(\C(=O)NC1C(=O)N2C(C(=O)O)=C(CSc3nncs3)CS[C@H]12)c1nsc(N)n1)C(=O)OC(C)(C)C. The lowest BCUT2D eigenvalue weighted by Gasteiger charge is -2.49. The fraction of sp³-hybridized carbons (Fsp3) is 0.476. The van der Waals surface area contributed by atoms with Gasteiger partial charge in [0.1, 0.15) is 28.2 Å². The van der Waals surface area contributed by atoms with Gasteiger partial charge in [-0.1, -0.05) is 28.3 Å². The van der Waals surface area contributed by atoms with Crippen LogP contribution in [0.15, 0.2) is 26.3 Å². The zero-order valence-corrected chi connectivity index (χ0v) is 24.8. The Morgan fingerprint density at radius 3 is 2.73 bits per heavy atom. The van der Waals surface area contributed by atoms with Crippen LogP contribution < -0.4 is 11.1 Å². The van der Waals surface area contributed by atoms with Gasteiger partial charge in [-0.25, -0.2) is 9.59 Å². The van der Waals surface area contributed by atoms with Crippen molar-refractivity contribution in [2.45, 2.75) is 55.2 Å². The van der Waals surface area contributed by atoms with Crippen LogP contribution in [0.25, 0.3) is 0 Å². The van der Waals surface area contributed by atoms with E-state index in [2.05, 4.69) is 30.0 Å². The Labute approximate surface area is 244 Å². The van der Waals surface area contributed by atoms with Crippen LogP contribution in [0.3, 0.4) is 0 Å². The van der Waals surface area contributed by atoms with Crippen molar-refractivity contribution in [2.75, 3.05) is 17.2 Å². The van der Waals surface area contributed by atoms with Gasteiger partial charge in [-0.3, -0.25) is 14.5 Å². The van der Waals surface area contributed by atoms with Gasteiger partial charge in [0.15, 0.2) is 9.47 Å². The average molecular weight is 629 g/mol. The number of anilines is 1. The second-order valence-electron chi connectivity index (χ2n) is 9.29. The van der Waals surface area contributed by atoms with Crippen molar-refractivity contribution < 1.29 is 33.9 Å². The van der Waals surface area contributed by atoms with Crippen LogP contribution >= 0.6 is 46.4 Å². The Balaban J connectivity index is 1.48. The maximum atomic E-state index is 13.2. The maximum absolute atomic E-state index is 13.2. The fourth-order valence-electron chi connectivity index (χ4n) is 3.45. The summed E-state index contributed by atoms with van der Waals surface area (Å²) in [5, 5.41) is 23.3. The second-order valence-corrected chi connectivity index (χ2v) is 13.2. The number of thioether (sulfide) groups is 2. The summed E-state index contributed by atoms with van der Waals surface area (Å²) in [6.45, 7) is 6.46. The molecule has 1 fully saturated rings. The normalized spacial score (nSPS) is 19.9. The number of aliphatic carboxylic acids is 1. The molecule has 2 unspecified atom stereocenters. The third kappa shape index (κ3) is 6.70. The van der Waals surface area contributed by atoms with E-state index in [9.17, 15) is 24.3 Å². The number of esters is 1. The van der Waals surface area contributed by atoms with E-state index in [4.69, 9.17) is 15.3 Å². The highest BCUT2D eigenvalue weighted by atomic mass is 32.2. The average Bonchev–Trinajstić information content (AvgIpc) is 3.56. The molecule has 2 amide bonds. The summed E-state index contributed by atoms with van der Waals surface area (Å²) in [5.41, 5.74) is 6.49. The fourth-order valence-corrected chi connectivity index (χ4v) is 6.86. The minimum Gasteiger partial charge on any atom is -0.477 e. The van der Waals surface area contributed by atoms with Crippen LogP contribution in [0.5, 0.6) is 0 Å². The standard InChI is InChI=1S/C21H24N8O7S4/c1-8(18(34)35-21(2,3)4)36-27-10(13-25-19(22)40-28-13)14(30)24-11-15(31)29-12(17(32)33)9(5-37-16(11)29)6-38-20-26-23-7-39-20/h7-8,11,16H,5-6H2,1-4H3,(H,24,30)(H,32,33)(H2,22,25,28)/b27-10-/t8?,11?,16-/m1/s1. The van der Waals surface area contributed by atoms with Gasteiger partial charge >= 0.3 is 11.9 Å². The molecule has 2 aliphatic rings. The van der Waals surface area contributed by atoms with Crippen LogP contribution in [0.4, 0.5) is 5.13 Å². The smallest absolute Gasteiger partial charge is 0.352 e. The van der Waals surface area contributed by atoms with Gasteiger partial charge in [-0.15, -0.1) is 22.0 Å². The van der Waals surface area contributed by atoms with Gasteiger partial charge in [0.2, 0.25) is 17.6 Å². The molecule has 15 nitrogen and oxygen atoms in total. The highest BCUT2D eigenvalue weighted by molar-refractivity contribution is 8.01. The molecule has 2 aromatic rings. The Kier molecular flexibility index (Phi) is 8.96. The number of ether oxygens (including phenoxy) is 1. The second kappa shape index (κ2) is 12.1. The Morgan fingerprint density at radius 2 is 2.12 bits per heavy atom. The number of oxime groups is 1. The largest absolute Gasteiger partial charge is 0.477 e. The molecule has 1 saturated heterocycles. The van der Waals surface area contributed by atoms with Gasteiger partial charge < -0.3 is 25.7 Å². The summed E-state index contributed by atoms with van der Waals surface area (Å²) in [6.07, 6.45) is -1.17. The van der Waals surface area contributed by atoms with Crippen LogP contribution in [-0.4, -0.2) is 93.7 Å². The first-order valence-electron chi connectivity index (χ1n) is 11.5. The number of carbonyl (C=O) groups excluding carboxylic acids is 3. The van der Waals surface area contributed by atoms with E-state index >= 15 is 0 Å². The Hall–Kier alpha value is -3.29. The lowest BCUT2D eigenvalue weighted by Crippen LogP contribution is -2.71. The summed E-state index contributed by atoms with van der Waals surface area (Å²) >= 11 is 4.78. The number of nitrogens with one attached hydrogen (secondary N) is 1. The van der Waals surface area contributed by atoms with E-state index in [1.807, 2.05) is 0 Å². The third-order valence-electron chi connectivity index (χ3n) is 5.16. The molecule has 4 heterocycles. The van der Waals surface area contributed by atoms with Crippen LogP contribution in [0, 0.1) is 0 Å². The minimum atomic E-state index is -1.25. The number of β-lactam (4-membered cyclic amide) rings is 1. The molecular weight excluding hydrogens is 605 g/mol. The summed E-state index contributed by atoms with van der Waals surface area (Å²) in [5.74, 6) is -2.95. The number of amides is 2. The van der Waals surface area contributed by atoms with Gasteiger partial charge in [-0.2, -0.15) is 9.36 Å². The highest BCUT2D eigenvalue weighted by Crippen LogP contribution is 2.41. The number of aromatic nitrogens is 4. The first kappa shape index (κ1) is 29.7. The quantitative estimate of drug-likeness (QED) is 0.110. The lowest BCUT2D eigenvalue weighted by atomic mass is 10.0. The number of hydrogen-bond donors (Lipinski definition) is 3. The number of carboxylic acid groups (broad SMARTS) is 1. The number of rotatable bonds is 10. The van der Waals surface area contributed by atoms with Crippen LogP contribution in [0.1, 0.15) is 33.5 Å². The summed E-state index contributed by atoms with van der Waals surface area (Å²) in [7, 11) is 0. The van der Waals surface area contributed by atoms with E-state index in [0.717, 1.165) is 16.4 Å². The number of carboxylic acids is 1. The molecule has 2 aromatic heterocycles. The predicted molar refractivity (Wildman–Crippen MR) is 148 cm³/mol. The summed E-state index contributed by atoms with van der Waals surface area (Å²) in [6, 6.07) is -1.05. The van der Waals surface area contributed by atoms with E-state index < -0.39 is 52.6 Å². The maximum Gasteiger partial charge on any atom is 0.352 e. The molecule has 0 radical (unpaired) electrons. The molecule has 0 saturated carbocycles. The van der Waals surface area contributed by atoms with Crippen molar-refractivity contribution in [2.24, 2.45) is 5.16 Å². The zero-order valence-electron chi connectivity index (χ0n) is 21.5. The van der Waals surface area contributed by atoms with Gasteiger partial charge in [0.05, 0.1) is 0 Å². The molecule has 0 aliphatic carbocycles. The number of carbonyl (C=O) groups is 4. The molecule has 19 heteroatoms. The molecule has 2 aliphatic heterocycles. The zero-order chi connectivity index (χ0) is 29.2. The topological polar surface area (TPSA) is 212 Å². The van der Waals surface area contributed by atoms with Crippen molar-refractivity contribution in [3.63, 3.8) is 0 Å². The molecule has 4 rings (SSSR count). The van der Waals surface area contributed by atoms with E-state index in [1.165, 1.54) is 41.8 Å². The third-order valence-corrected chi connectivity index (χ3v) is 8.98. The number of fused-ring (bicyclic) bond motifs is 1. The molecular formula is C21H24N8O7S4. The molecule has 40 heavy (non-hydrogen) atoms. The predicted octanol–water partition coefficient (Wildman–Crippen LogP) is 0.954. The highest BCUT2D eigenvalue weighted by Gasteiger charge is 2.54. The Bertz CT molecular complexity index is 1370. The molecule has 3 atom stereocenters. The number of hydrogen-bond acceptors (Lipinski definition) is 16. The molecule has 214 valence electrons. The van der Waals surface area contributed by atoms with Gasteiger partial charge in [0, 0.05) is 23.0 Å². The molecule has 0 bridgehead atoms. The van der Waals surface area contributed by atoms with Crippen molar-refractivity contribution in [1.29, 1.82) is 0 Å². The number of nitrogen functional groups attached to an aromatic ring is 1. The first-order chi connectivity index (χ1) is 18.9. The number of nitrogens with two attached hydrogens (primary N) is 1. The number of nitrogens with zero attached hydrogens (tertiary/aromatic N) is 6. The van der Waals surface area contributed by atoms with Crippen LogP contribution in [-0.2, 0) is 28.8 Å². The van der Waals surface area contributed by atoms with Crippen molar-refractivity contribution in [3.8, 4) is 0 Å². The van der Waals surface area contributed by atoms with Gasteiger partial charge in [0.25, 0.3) is 11.8 Å². The van der Waals surface area contributed by atoms with Crippen molar-refractivity contribution in [1.82, 2.24) is 29.8 Å². The van der Waals surface area contributed by atoms with E-state index in [0.29, 0.717) is 21.4 Å². The Morgan fingerprint density at radius 1 is 1.38 bits per heavy atom. The monoisotopic (exact) mass is 628 g/mol. The van der Waals surface area contributed by atoms with Gasteiger partial charge in [-0.05, 0) is 33.3 Å². The molecule has 0 spiro atoms. The van der Waals surface area contributed by atoms with Crippen molar-refractivity contribution >= 4 is 81.0 Å². The lowest BCUT2D eigenvalue weighted by molar-refractivity contribution is -0.167. The minimum absolute atomic E-state index is 0.0552. The van der Waals surface area contributed by atoms with Crippen LogP contribution in [0.2, 0.25) is 0 Å². The first-order valence-corrected chi connectivity index (χ1v) is 15.2. The molecule has 0 aromatic carbocycles. The van der Waals surface area contributed by atoms with Crippen molar-refractivity contribution in [3.05, 3.63) is 22.6 Å². The summed E-state index contributed by atoms with van der Waals surface area (Å²) in [4.78, 5) is 61.0. The molecule has 4 N–H and O–H groups in total. The van der Waals surface area contributed by atoms with E-state index in [-0.39, 0.29) is 16.7 Å². The summed E-state index contributed by atoms with van der Waals surface area (Å²) < 4.78 is 9.90. The van der Waals surface area contributed by atoms with E-state index in [1.54, 1.807) is 26.3 Å².